The summed E-state index contributed by atoms with van der Waals surface area (Å²) in [5, 5.41) is 0.440. The normalized spacial score (nSPS) is 14.9. The van der Waals surface area contributed by atoms with Crippen LogP contribution < -0.4 is 10.6 Å². The molecule has 0 atom stereocenters. The molecule has 0 radical (unpaired) electrons. The molecule has 3 aromatic carbocycles. The molecule has 0 heterocycles. The third-order valence-corrected chi connectivity index (χ3v) is 11.1. The summed E-state index contributed by atoms with van der Waals surface area (Å²) in [6.45, 7) is 34.2. The molecule has 0 aliphatic rings. The van der Waals surface area contributed by atoms with Crippen molar-refractivity contribution in [2.75, 3.05) is 0 Å². The number of benzene rings is 3. The first-order valence-corrected chi connectivity index (χ1v) is 17.8. The molecule has 3 rings (SSSR count). The molecule has 0 aliphatic heterocycles. The Morgan fingerprint density at radius 1 is 0.442 bits per heavy atom. The Bertz CT molecular complexity index is 1520. The van der Waals surface area contributed by atoms with Crippen molar-refractivity contribution in [3.8, 4) is 11.1 Å². The van der Waals surface area contributed by atoms with Gasteiger partial charge in [0.25, 0.3) is 0 Å². The summed E-state index contributed by atoms with van der Waals surface area (Å²) in [5.41, 5.74) is 6.64. The predicted octanol–water partition coefficient (Wildman–Crippen LogP) is 9.38. The van der Waals surface area contributed by atoms with Crippen LogP contribution in [-0.4, -0.2) is 14.7 Å². The Morgan fingerprint density at radius 3 is 1.30 bits per heavy atom. The second kappa shape index (κ2) is 10.5. The molecule has 43 heavy (non-hydrogen) atoms. The van der Waals surface area contributed by atoms with Crippen LogP contribution in [0.25, 0.3) is 11.1 Å². The molecule has 3 aromatic rings. The van der Waals surface area contributed by atoms with Gasteiger partial charge in [-0.1, -0.05) is 0 Å². The fourth-order valence-corrected chi connectivity index (χ4v) is 8.81. The monoisotopic (exact) mass is 606 g/mol. The zero-order valence-corrected chi connectivity index (χ0v) is 30.8. The summed E-state index contributed by atoms with van der Waals surface area (Å²) in [6, 6.07) is 16.4. The van der Waals surface area contributed by atoms with Gasteiger partial charge < -0.3 is 0 Å². The van der Waals surface area contributed by atoms with Gasteiger partial charge in [0.2, 0.25) is 0 Å². The average Bonchev–Trinajstić information content (AvgIpc) is 2.79. The van der Waals surface area contributed by atoms with Crippen LogP contribution >= 0.6 is 7.28 Å². The van der Waals surface area contributed by atoms with Gasteiger partial charge in [0.1, 0.15) is 0 Å². The van der Waals surface area contributed by atoms with E-state index >= 15 is 0 Å². The van der Waals surface area contributed by atoms with E-state index in [9.17, 15) is 14.7 Å². The summed E-state index contributed by atoms with van der Waals surface area (Å²) in [6.07, 6.45) is 0. The third-order valence-electron chi connectivity index (χ3n) is 8.55. The predicted molar refractivity (Wildman–Crippen MR) is 189 cm³/mol. The Morgan fingerprint density at radius 2 is 0.884 bits per heavy atom. The first-order valence-electron chi connectivity index (χ1n) is 15.7. The summed E-state index contributed by atoms with van der Waals surface area (Å²) >= 11 is 0. The van der Waals surface area contributed by atoms with Gasteiger partial charge in [0.05, 0.1) is 0 Å². The fraction of sp³-hybridized carbons (Fsp3) is 0.538. The number of aryl methyl sites for hydroxylation is 1. The van der Waals surface area contributed by atoms with E-state index in [-0.39, 0.29) is 26.9 Å². The van der Waals surface area contributed by atoms with E-state index in [2.05, 4.69) is 134 Å². The van der Waals surface area contributed by atoms with Crippen molar-refractivity contribution in [1.29, 1.82) is 0 Å². The van der Waals surface area contributed by atoms with Crippen molar-refractivity contribution in [2.45, 2.75) is 138 Å². The van der Waals surface area contributed by atoms with Crippen LogP contribution in [0, 0.1) is 6.92 Å². The van der Waals surface area contributed by atoms with Crippen molar-refractivity contribution in [2.24, 2.45) is 0 Å². The Balaban J connectivity index is 2.56. The van der Waals surface area contributed by atoms with E-state index in [1.54, 1.807) is 12.1 Å². The molecule has 0 unspecified atom stereocenters. The van der Waals surface area contributed by atoms with E-state index in [1.165, 1.54) is 11.1 Å². The first kappa shape index (κ1) is 35.4. The second-order valence-electron chi connectivity index (χ2n) is 17.9. The molecular formula is C39H59O3P. The summed E-state index contributed by atoms with van der Waals surface area (Å²) in [7, 11) is -5.66. The van der Waals surface area contributed by atoms with Crippen LogP contribution in [0.15, 0.2) is 48.5 Å². The van der Waals surface area contributed by atoms with Gasteiger partial charge in [-0.3, -0.25) is 0 Å². The van der Waals surface area contributed by atoms with Crippen LogP contribution in [0.2, 0.25) is 0 Å². The molecule has 0 saturated carbocycles. The van der Waals surface area contributed by atoms with Gasteiger partial charge in [0, 0.05) is 0 Å². The van der Waals surface area contributed by atoms with E-state index in [0.29, 0.717) is 0 Å². The van der Waals surface area contributed by atoms with Gasteiger partial charge in [-0.15, -0.1) is 0 Å². The Hall–Kier alpha value is -2.03. The van der Waals surface area contributed by atoms with Gasteiger partial charge >= 0.3 is 263 Å². The van der Waals surface area contributed by atoms with Crippen molar-refractivity contribution >= 4 is 17.9 Å². The van der Waals surface area contributed by atoms with Gasteiger partial charge in [-0.25, -0.2) is 0 Å². The second-order valence-corrected chi connectivity index (χ2v) is 20.9. The van der Waals surface area contributed by atoms with E-state index in [0.717, 1.165) is 33.4 Å². The first-order chi connectivity index (χ1) is 18.9. The molecule has 238 valence electrons. The molecular weight excluding hydrogens is 547 g/mol. The summed E-state index contributed by atoms with van der Waals surface area (Å²) < 4.78 is 0. The molecule has 3 N–H and O–H groups in total. The number of hydrogen-bond acceptors (Lipinski definition) is 3. The molecule has 0 aliphatic carbocycles. The third kappa shape index (κ3) is 7.12. The van der Waals surface area contributed by atoms with E-state index < -0.39 is 18.1 Å². The van der Waals surface area contributed by atoms with Crippen LogP contribution in [0.5, 0.6) is 0 Å². The standard InChI is InChI=1S/C39H59O3P/c1-25-21-29(28-19-17-26(35(2,3)4)23-30(28)37(8,9)10)34(39(14,15)16)33(22-25)43(40,41,42)32-20-18-27(36(5,6)7)24-31(32)38(11,12)13/h17-24,40-42H,1-16H3. The van der Waals surface area contributed by atoms with E-state index in [1.807, 2.05) is 13.0 Å². The van der Waals surface area contributed by atoms with Crippen LogP contribution in [-0.2, 0) is 27.1 Å². The number of rotatable bonds is 3. The Labute approximate surface area is 263 Å². The molecule has 0 amide bonds. The van der Waals surface area contributed by atoms with E-state index in [4.69, 9.17) is 0 Å². The van der Waals surface area contributed by atoms with Gasteiger partial charge in [0.15, 0.2) is 0 Å². The molecule has 0 aromatic heterocycles. The van der Waals surface area contributed by atoms with Crippen LogP contribution in [0.1, 0.15) is 137 Å². The minimum atomic E-state index is -5.66. The van der Waals surface area contributed by atoms with Crippen LogP contribution in [0.4, 0.5) is 0 Å². The maximum absolute atomic E-state index is 12.5. The van der Waals surface area contributed by atoms with Crippen LogP contribution in [0.3, 0.4) is 0 Å². The zero-order valence-electron chi connectivity index (χ0n) is 29.9. The minimum absolute atomic E-state index is 0.0151. The van der Waals surface area contributed by atoms with Gasteiger partial charge in [-0.2, -0.15) is 0 Å². The molecule has 4 heteroatoms. The van der Waals surface area contributed by atoms with Crippen molar-refractivity contribution in [3.63, 3.8) is 0 Å². The quantitative estimate of drug-likeness (QED) is 0.260. The topological polar surface area (TPSA) is 60.7 Å². The molecule has 0 fully saturated rings. The molecule has 3 nitrogen and oxygen atoms in total. The average molecular weight is 607 g/mol. The van der Waals surface area contributed by atoms with Crippen molar-refractivity contribution in [1.82, 2.24) is 0 Å². The Kier molecular flexibility index (Phi) is 8.67. The molecule has 0 bridgehead atoms. The SMILES string of the molecule is Cc1cc(-c2ccc(C(C)(C)C)cc2C(C)(C)C)c(C(C)(C)C)c(P(O)(O)(O)c2ccc(C(C)(C)C)cc2C(C)(C)C)c1. The zero-order chi connectivity index (χ0) is 33.4. The maximum atomic E-state index is 12.5. The molecule has 0 spiro atoms. The van der Waals surface area contributed by atoms with Gasteiger partial charge in [-0.05, 0) is 0 Å². The summed E-state index contributed by atoms with van der Waals surface area (Å²) in [4.78, 5) is 37.6. The molecule has 0 saturated heterocycles. The number of hydrogen-bond donors (Lipinski definition) is 3. The van der Waals surface area contributed by atoms with Crippen molar-refractivity contribution < 1.29 is 14.7 Å². The summed E-state index contributed by atoms with van der Waals surface area (Å²) in [5.74, 6) is 0. The fourth-order valence-electron chi connectivity index (χ4n) is 6.05. The van der Waals surface area contributed by atoms with Crippen molar-refractivity contribution in [3.05, 3.63) is 81.9 Å².